The van der Waals surface area contributed by atoms with Gasteiger partial charge in [0.1, 0.15) is 6.04 Å². The number of nitrogens with zero attached hydrogens (tertiary/aromatic N) is 5. The largest absolute Gasteiger partial charge is 0.493 e. The van der Waals surface area contributed by atoms with E-state index < -0.39 is 11.0 Å². The maximum absolute atomic E-state index is 13.6. The van der Waals surface area contributed by atoms with Crippen molar-refractivity contribution >= 4 is 23.2 Å². The number of benzene rings is 2. The number of allylic oxidation sites excluding steroid dienone is 1. The molecule has 0 saturated heterocycles. The minimum Gasteiger partial charge on any atom is -0.493 e. The quantitative estimate of drug-likeness (QED) is 0.274. The number of hydrogen-bond acceptors (Lipinski definition) is 9. The molecule has 0 radical (unpaired) electrons. The summed E-state index contributed by atoms with van der Waals surface area (Å²) in [6.45, 7) is 1.77. The summed E-state index contributed by atoms with van der Waals surface area (Å²) in [5.41, 5.74) is 2.57. The van der Waals surface area contributed by atoms with Crippen LogP contribution in [0.4, 0.5) is 17.3 Å². The third kappa shape index (κ3) is 4.50. The summed E-state index contributed by atoms with van der Waals surface area (Å²) in [6.07, 6.45) is 3.17. The Morgan fingerprint density at radius 2 is 1.92 bits per heavy atom. The van der Waals surface area contributed by atoms with Crippen LogP contribution in [0.3, 0.4) is 0 Å². The Morgan fingerprint density at radius 3 is 2.63 bits per heavy atom. The van der Waals surface area contributed by atoms with Gasteiger partial charge < -0.3 is 20.1 Å². The summed E-state index contributed by atoms with van der Waals surface area (Å²) in [5, 5.41) is 22.0. The number of amides is 1. The summed E-state index contributed by atoms with van der Waals surface area (Å²) < 4.78 is 12.5. The van der Waals surface area contributed by atoms with E-state index in [-0.39, 0.29) is 17.4 Å². The highest BCUT2D eigenvalue weighted by atomic mass is 16.6. The second kappa shape index (κ2) is 10.0. The fourth-order valence-electron chi connectivity index (χ4n) is 4.29. The Bertz CT molecular complexity index is 1570. The molecule has 12 heteroatoms. The molecule has 3 heterocycles. The molecule has 4 aromatic rings. The van der Waals surface area contributed by atoms with Crippen LogP contribution in [-0.4, -0.2) is 44.8 Å². The molecule has 192 valence electrons. The number of anilines is 2. The van der Waals surface area contributed by atoms with Crippen LogP contribution >= 0.6 is 0 Å². The third-order valence-electron chi connectivity index (χ3n) is 6.06. The molecule has 5 rings (SSSR count). The topological polar surface area (TPSA) is 146 Å². The zero-order valence-corrected chi connectivity index (χ0v) is 20.7. The molecule has 1 unspecified atom stereocenters. The number of nitrogens with one attached hydrogen (secondary N) is 2. The van der Waals surface area contributed by atoms with Crippen molar-refractivity contribution < 1.29 is 19.2 Å². The molecule has 0 saturated carbocycles. The molecule has 1 aliphatic heterocycles. The van der Waals surface area contributed by atoms with Crippen molar-refractivity contribution in [2.75, 3.05) is 24.9 Å². The highest BCUT2D eigenvalue weighted by Crippen LogP contribution is 2.40. The number of methoxy groups -OCH3 is 2. The number of rotatable bonds is 7. The Morgan fingerprint density at radius 1 is 1.11 bits per heavy atom. The molecule has 2 aromatic carbocycles. The Balaban J connectivity index is 1.64. The lowest BCUT2D eigenvalue weighted by molar-refractivity contribution is -0.384. The van der Waals surface area contributed by atoms with Crippen molar-refractivity contribution in [3.05, 3.63) is 93.9 Å². The first-order valence-electron chi connectivity index (χ1n) is 11.5. The summed E-state index contributed by atoms with van der Waals surface area (Å²) in [7, 11) is 3.07. The Hall–Kier alpha value is -5.26. The van der Waals surface area contributed by atoms with E-state index >= 15 is 0 Å². The van der Waals surface area contributed by atoms with Crippen molar-refractivity contribution in [2.24, 2.45) is 0 Å². The molecule has 0 bridgehead atoms. The minimum atomic E-state index is -0.706. The van der Waals surface area contributed by atoms with Gasteiger partial charge in [0.2, 0.25) is 5.95 Å². The van der Waals surface area contributed by atoms with Gasteiger partial charge in [-0.1, -0.05) is 18.2 Å². The maximum Gasteiger partial charge on any atom is 0.270 e. The van der Waals surface area contributed by atoms with Crippen LogP contribution < -0.4 is 20.1 Å². The Labute approximate surface area is 217 Å². The number of pyridine rings is 1. The minimum absolute atomic E-state index is 0.0782. The highest BCUT2D eigenvalue weighted by molar-refractivity contribution is 6.06. The number of carbonyl (C=O) groups excluding carboxylic acids is 1. The van der Waals surface area contributed by atoms with E-state index in [2.05, 4.69) is 25.7 Å². The number of nitro groups is 1. The van der Waals surface area contributed by atoms with Gasteiger partial charge in [0.25, 0.3) is 11.6 Å². The van der Waals surface area contributed by atoms with Gasteiger partial charge >= 0.3 is 0 Å². The smallest absolute Gasteiger partial charge is 0.270 e. The van der Waals surface area contributed by atoms with Gasteiger partial charge in [-0.3, -0.25) is 19.9 Å². The first-order chi connectivity index (χ1) is 18.4. The predicted octanol–water partition coefficient (Wildman–Crippen LogP) is 4.19. The lowest BCUT2D eigenvalue weighted by Gasteiger charge is -2.29. The van der Waals surface area contributed by atoms with Crippen molar-refractivity contribution in [3.63, 3.8) is 0 Å². The number of hydrogen-bond donors (Lipinski definition) is 2. The van der Waals surface area contributed by atoms with E-state index in [1.807, 2.05) is 6.07 Å². The number of fused-ring (bicyclic) bond motifs is 1. The monoisotopic (exact) mass is 513 g/mol. The molecule has 0 aliphatic carbocycles. The van der Waals surface area contributed by atoms with E-state index in [0.29, 0.717) is 45.5 Å². The van der Waals surface area contributed by atoms with E-state index in [4.69, 9.17) is 9.47 Å². The predicted molar refractivity (Wildman–Crippen MR) is 139 cm³/mol. The van der Waals surface area contributed by atoms with Crippen molar-refractivity contribution in [1.82, 2.24) is 19.7 Å². The fourth-order valence-corrected chi connectivity index (χ4v) is 4.29. The number of ether oxygens (including phenoxy) is 2. The van der Waals surface area contributed by atoms with Crippen molar-refractivity contribution in [1.29, 1.82) is 0 Å². The second-order valence-corrected chi connectivity index (χ2v) is 8.39. The second-order valence-electron chi connectivity index (χ2n) is 8.39. The number of aromatic nitrogens is 4. The van der Waals surface area contributed by atoms with Gasteiger partial charge in [-0.2, -0.15) is 4.98 Å². The van der Waals surface area contributed by atoms with Crippen LogP contribution in [0, 0.1) is 10.1 Å². The molecular weight excluding hydrogens is 490 g/mol. The van der Waals surface area contributed by atoms with Crippen LogP contribution in [0.1, 0.15) is 18.5 Å². The van der Waals surface area contributed by atoms with E-state index in [0.717, 1.165) is 0 Å². The van der Waals surface area contributed by atoms with Gasteiger partial charge in [-0.15, -0.1) is 5.10 Å². The molecule has 1 amide bonds. The molecular formula is C26H23N7O5. The molecule has 2 aromatic heterocycles. The summed E-state index contributed by atoms with van der Waals surface area (Å²) >= 11 is 0. The number of non-ortho nitro benzene ring substituents is 1. The standard InChI is InChI=1S/C26H23N7O5/c1-15-22(25(34)29-18-7-5-11-27-14-18)23(16-9-10-20(37-2)21(13-16)38-3)32-26(28-15)30-24(31-32)17-6-4-8-19(12-17)33(35)36/h4-14,23H,1-3H3,(H,29,34)(H,28,30,31). The third-order valence-corrected chi connectivity index (χ3v) is 6.06. The van der Waals surface area contributed by atoms with E-state index in [1.54, 1.807) is 67.5 Å². The van der Waals surface area contributed by atoms with Crippen LogP contribution in [0.5, 0.6) is 11.5 Å². The molecule has 0 spiro atoms. The van der Waals surface area contributed by atoms with Gasteiger partial charge in [-0.25, -0.2) is 4.68 Å². The lowest BCUT2D eigenvalue weighted by atomic mass is 9.94. The first kappa shape index (κ1) is 24.4. The van der Waals surface area contributed by atoms with E-state index in [1.165, 1.54) is 19.2 Å². The van der Waals surface area contributed by atoms with Crippen molar-refractivity contribution in [3.8, 4) is 22.9 Å². The van der Waals surface area contributed by atoms with Crippen molar-refractivity contribution in [2.45, 2.75) is 13.0 Å². The van der Waals surface area contributed by atoms with Gasteiger partial charge in [0, 0.05) is 29.6 Å². The molecule has 12 nitrogen and oxygen atoms in total. The average Bonchev–Trinajstić information content (AvgIpc) is 3.36. The van der Waals surface area contributed by atoms with Crippen LogP contribution in [-0.2, 0) is 4.79 Å². The molecule has 1 aliphatic rings. The highest BCUT2D eigenvalue weighted by Gasteiger charge is 2.35. The summed E-state index contributed by atoms with van der Waals surface area (Å²) in [5.74, 6) is 1.29. The first-order valence-corrected chi connectivity index (χ1v) is 11.5. The van der Waals surface area contributed by atoms with Crippen LogP contribution in [0.15, 0.2) is 78.3 Å². The van der Waals surface area contributed by atoms with Crippen LogP contribution in [0.25, 0.3) is 11.4 Å². The lowest BCUT2D eigenvalue weighted by Crippen LogP contribution is -2.31. The summed E-state index contributed by atoms with van der Waals surface area (Å²) in [4.78, 5) is 33.1. The summed E-state index contributed by atoms with van der Waals surface area (Å²) in [6, 6.07) is 14.2. The zero-order chi connectivity index (χ0) is 26.8. The van der Waals surface area contributed by atoms with Gasteiger partial charge in [-0.05, 0) is 36.8 Å². The molecule has 0 fully saturated rings. The molecule has 1 atom stereocenters. The molecule has 38 heavy (non-hydrogen) atoms. The van der Waals surface area contributed by atoms with Gasteiger partial charge in [0.05, 0.1) is 36.6 Å². The normalized spacial score (nSPS) is 14.3. The average molecular weight is 514 g/mol. The SMILES string of the molecule is COc1ccc(C2C(C(=O)Nc3cccnc3)=C(C)Nc3nc(-c4cccc([N+](=O)[O-])c4)nn32)cc1OC. The Kier molecular flexibility index (Phi) is 6.44. The van der Waals surface area contributed by atoms with Gasteiger partial charge in [0.15, 0.2) is 17.3 Å². The zero-order valence-electron chi connectivity index (χ0n) is 20.7. The number of carbonyl (C=O) groups is 1. The fraction of sp³-hybridized carbons (Fsp3) is 0.154. The van der Waals surface area contributed by atoms with E-state index in [9.17, 15) is 14.9 Å². The maximum atomic E-state index is 13.6. The molecule has 2 N–H and O–H groups in total. The van der Waals surface area contributed by atoms with Crippen LogP contribution in [0.2, 0.25) is 0 Å². The number of nitro benzene ring substituents is 1.